The highest BCUT2D eigenvalue weighted by molar-refractivity contribution is 7.89. The van der Waals surface area contributed by atoms with Gasteiger partial charge < -0.3 is 4.90 Å². The Kier molecular flexibility index (Phi) is 5.91. The maximum atomic E-state index is 13.4. The SMILES string of the molecule is N#Cc1ccccc1S(=O)(=O)N1CCC(C(=O)N2CCC[C@@H]2c2nc3ccccc3s2)CC1. The summed E-state index contributed by atoms with van der Waals surface area (Å²) in [6, 6.07) is 16.2. The average Bonchev–Trinajstić information content (AvgIpc) is 3.50. The van der Waals surface area contributed by atoms with Crippen molar-refractivity contribution in [1.82, 2.24) is 14.2 Å². The fraction of sp³-hybridized carbons (Fsp3) is 0.375. The number of benzene rings is 2. The van der Waals surface area contributed by atoms with Gasteiger partial charge >= 0.3 is 0 Å². The van der Waals surface area contributed by atoms with E-state index in [1.807, 2.05) is 29.2 Å². The zero-order valence-electron chi connectivity index (χ0n) is 18.1. The van der Waals surface area contributed by atoms with Crippen molar-refractivity contribution in [3.05, 3.63) is 59.1 Å². The van der Waals surface area contributed by atoms with E-state index < -0.39 is 10.0 Å². The summed E-state index contributed by atoms with van der Waals surface area (Å²) in [5.74, 6) is -0.0936. The number of piperidine rings is 1. The lowest BCUT2D eigenvalue weighted by molar-refractivity contribution is -0.137. The first kappa shape index (κ1) is 22.0. The third kappa shape index (κ3) is 4.03. The Labute approximate surface area is 197 Å². The lowest BCUT2D eigenvalue weighted by atomic mass is 9.96. The minimum absolute atomic E-state index is 0.000771. The molecule has 3 heterocycles. The van der Waals surface area contributed by atoms with E-state index in [0.717, 1.165) is 28.1 Å². The zero-order valence-corrected chi connectivity index (χ0v) is 19.7. The number of likely N-dealkylation sites (tertiary alicyclic amines) is 1. The molecule has 170 valence electrons. The number of para-hydroxylation sites is 1. The molecule has 0 radical (unpaired) electrons. The Bertz CT molecular complexity index is 1300. The Morgan fingerprint density at radius 2 is 1.76 bits per heavy atom. The van der Waals surface area contributed by atoms with E-state index in [2.05, 4.69) is 6.07 Å². The van der Waals surface area contributed by atoms with Gasteiger partial charge in [-0.3, -0.25) is 4.79 Å². The molecule has 3 aromatic rings. The van der Waals surface area contributed by atoms with E-state index in [0.29, 0.717) is 19.4 Å². The number of hydrogen-bond donors (Lipinski definition) is 0. The summed E-state index contributed by atoms with van der Waals surface area (Å²) in [5.41, 5.74) is 1.11. The van der Waals surface area contributed by atoms with E-state index in [-0.39, 0.29) is 41.4 Å². The van der Waals surface area contributed by atoms with Crippen molar-refractivity contribution in [3.8, 4) is 6.07 Å². The normalized spacial score (nSPS) is 20.2. The van der Waals surface area contributed by atoms with Crippen LogP contribution in [0.5, 0.6) is 0 Å². The molecule has 0 unspecified atom stereocenters. The van der Waals surface area contributed by atoms with Crippen LogP contribution in [0.25, 0.3) is 10.2 Å². The number of hydrogen-bond acceptors (Lipinski definition) is 6. The number of carbonyl (C=O) groups excluding carboxylic acids is 1. The number of nitriles is 1. The highest BCUT2D eigenvalue weighted by Crippen LogP contribution is 2.38. The zero-order chi connectivity index (χ0) is 23.0. The van der Waals surface area contributed by atoms with Crippen molar-refractivity contribution in [2.75, 3.05) is 19.6 Å². The molecule has 1 amide bonds. The standard InChI is InChI=1S/C24H24N4O3S2/c25-16-18-6-1-4-10-22(18)33(30,31)27-14-11-17(12-15-27)24(29)28-13-5-8-20(28)23-26-19-7-2-3-9-21(19)32-23/h1-4,6-7,9-10,17,20H,5,8,11-15H2/t20-/m1/s1. The van der Waals surface area contributed by atoms with E-state index in [1.165, 1.54) is 16.4 Å². The maximum Gasteiger partial charge on any atom is 0.244 e. The molecule has 1 atom stereocenters. The number of carbonyl (C=O) groups is 1. The Morgan fingerprint density at radius 1 is 1.03 bits per heavy atom. The fourth-order valence-corrected chi connectivity index (χ4v) is 7.55. The van der Waals surface area contributed by atoms with Gasteiger partial charge in [-0.05, 0) is 49.9 Å². The van der Waals surface area contributed by atoms with Crippen LogP contribution in [0.1, 0.15) is 42.3 Å². The highest BCUT2D eigenvalue weighted by atomic mass is 32.2. The maximum absolute atomic E-state index is 13.4. The van der Waals surface area contributed by atoms with E-state index >= 15 is 0 Å². The second-order valence-corrected chi connectivity index (χ2v) is 11.5. The lowest BCUT2D eigenvalue weighted by Gasteiger charge is -2.34. The molecule has 9 heteroatoms. The van der Waals surface area contributed by atoms with Crippen LogP contribution >= 0.6 is 11.3 Å². The quantitative estimate of drug-likeness (QED) is 0.564. The van der Waals surface area contributed by atoms with Gasteiger partial charge in [0.2, 0.25) is 15.9 Å². The van der Waals surface area contributed by atoms with Crippen LogP contribution in [0.4, 0.5) is 0 Å². The van der Waals surface area contributed by atoms with Crippen LogP contribution in [0.15, 0.2) is 53.4 Å². The molecule has 2 aliphatic rings. The first-order valence-electron chi connectivity index (χ1n) is 11.1. The minimum Gasteiger partial charge on any atom is -0.333 e. The molecule has 0 spiro atoms. The van der Waals surface area contributed by atoms with Crippen molar-refractivity contribution < 1.29 is 13.2 Å². The van der Waals surface area contributed by atoms with Gasteiger partial charge in [-0.1, -0.05) is 24.3 Å². The van der Waals surface area contributed by atoms with Crippen molar-refractivity contribution in [3.63, 3.8) is 0 Å². The van der Waals surface area contributed by atoms with Gasteiger partial charge in [-0.25, -0.2) is 13.4 Å². The van der Waals surface area contributed by atoms with Crippen LogP contribution in [0.2, 0.25) is 0 Å². The summed E-state index contributed by atoms with van der Waals surface area (Å²) < 4.78 is 28.7. The van der Waals surface area contributed by atoms with Crippen LogP contribution in [0.3, 0.4) is 0 Å². The Morgan fingerprint density at radius 3 is 2.52 bits per heavy atom. The summed E-state index contributed by atoms with van der Waals surface area (Å²) in [7, 11) is -3.76. The molecule has 2 saturated heterocycles. The van der Waals surface area contributed by atoms with Crippen LogP contribution in [0, 0.1) is 17.2 Å². The molecule has 5 rings (SSSR count). The molecule has 2 aromatic carbocycles. The number of sulfonamides is 1. The largest absolute Gasteiger partial charge is 0.333 e. The van der Waals surface area contributed by atoms with E-state index in [9.17, 15) is 18.5 Å². The average molecular weight is 481 g/mol. The second-order valence-electron chi connectivity index (χ2n) is 8.50. The van der Waals surface area contributed by atoms with Gasteiger partial charge in [0.05, 0.1) is 26.7 Å². The monoisotopic (exact) mass is 480 g/mol. The molecular formula is C24H24N4O3S2. The molecular weight excluding hydrogens is 456 g/mol. The predicted octanol–water partition coefficient (Wildman–Crippen LogP) is 3.93. The smallest absolute Gasteiger partial charge is 0.244 e. The van der Waals surface area contributed by atoms with Gasteiger partial charge in [0, 0.05) is 25.6 Å². The van der Waals surface area contributed by atoms with E-state index in [1.54, 1.807) is 23.5 Å². The molecule has 0 N–H and O–H groups in total. The molecule has 0 bridgehead atoms. The highest BCUT2D eigenvalue weighted by Gasteiger charge is 2.39. The summed E-state index contributed by atoms with van der Waals surface area (Å²) >= 11 is 1.65. The fourth-order valence-electron chi connectivity index (χ4n) is 4.82. The topological polar surface area (TPSA) is 94.4 Å². The molecule has 2 aliphatic heterocycles. The van der Waals surface area contributed by atoms with Crippen molar-refractivity contribution >= 4 is 37.5 Å². The molecule has 0 saturated carbocycles. The van der Waals surface area contributed by atoms with Crippen LogP contribution in [-0.2, 0) is 14.8 Å². The molecule has 7 nitrogen and oxygen atoms in total. The molecule has 1 aromatic heterocycles. The van der Waals surface area contributed by atoms with Gasteiger partial charge in [-0.15, -0.1) is 11.3 Å². The lowest BCUT2D eigenvalue weighted by Crippen LogP contribution is -2.44. The summed E-state index contributed by atoms with van der Waals surface area (Å²) in [4.78, 5) is 20.2. The van der Waals surface area contributed by atoms with Crippen LogP contribution in [-0.4, -0.2) is 48.1 Å². The van der Waals surface area contributed by atoms with Gasteiger partial charge in [0.1, 0.15) is 11.1 Å². The number of thiazole rings is 1. The Hall–Kier alpha value is -2.80. The van der Waals surface area contributed by atoms with Gasteiger partial charge in [-0.2, -0.15) is 9.57 Å². The Balaban J connectivity index is 1.29. The molecule has 33 heavy (non-hydrogen) atoms. The van der Waals surface area contributed by atoms with Gasteiger partial charge in [0.25, 0.3) is 0 Å². The summed E-state index contributed by atoms with van der Waals surface area (Å²) in [6.07, 6.45) is 2.82. The first-order valence-corrected chi connectivity index (χ1v) is 13.4. The van der Waals surface area contributed by atoms with Gasteiger partial charge in [0.15, 0.2) is 0 Å². The summed E-state index contributed by atoms with van der Waals surface area (Å²) in [5, 5.41) is 10.3. The third-order valence-corrected chi connectivity index (χ3v) is 9.65. The molecule has 2 fully saturated rings. The molecule has 0 aliphatic carbocycles. The van der Waals surface area contributed by atoms with Crippen molar-refractivity contribution in [1.29, 1.82) is 5.26 Å². The number of fused-ring (bicyclic) bond motifs is 1. The third-order valence-electron chi connectivity index (χ3n) is 6.56. The minimum atomic E-state index is -3.76. The van der Waals surface area contributed by atoms with Crippen molar-refractivity contribution in [2.24, 2.45) is 5.92 Å². The first-order chi connectivity index (χ1) is 16.0. The van der Waals surface area contributed by atoms with E-state index in [4.69, 9.17) is 4.98 Å². The van der Waals surface area contributed by atoms with Crippen LogP contribution < -0.4 is 0 Å². The number of aromatic nitrogens is 1. The predicted molar refractivity (Wildman–Crippen MR) is 126 cm³/mol. The number of nitrogens with zero attached hydrogens (tertiary/aromatic N) is 4. The second kappa shape index (κ2) is 8.86. The number of rotatable bonds is 4. The summed E-state index contributed by atoms with van der Waals surface area (Å²) in [6.45, 7) is 1.27. The van der Waals surface area contributed by atoms with Crippen molar-refractivity contribution in [2.45, 2.75) is 36.6 Å². The number of amides is 1.